The van der Waals surface area contributed by atoms with Gasteiger partial charge in [-0.25, -0.2) is 0 Å². The molecule has 0 fully saturated rings. The molecule has 0 aliphatic carbocycles. The van der Waals surface area contributed by atoms with Gasteiger partial charge in [0.05, 0.1) is 0 Å². The Kier molecular flexibility index (Phi) is 13.7. The summed E-state index contributed by atoms with van der Waals surface area (Å²) in [7, 11) is -0.493. The maximum atomic E-state index is 2.35. The molecule has 0 spiro atoms. The minimum Gasteiger partial charge on any atom is -0.165 e. The first-order valence-corrected chi connectivity index (χ1v) is 19.4. The molecule has 0 aromatic heterocycles. The molecule has 9 aromatic carbocycles. The Morgan fingerprint density at radius 2 is 0.906 bits per heavy atom. The molecule has 0 aliphatic rings. The van der Waals surface area contributed by atoms with Crippen molar-refractivity contribution in [3.8, 4) is 11.1 Å². The maximum absolute atomic E-state index is 2.35. The van der Waals surface area contributed by atoms with Gasteiger partial charge in [-0.05, 0) is 48.1 Å². The number of hydrogen-bond acceptors (Lipinski definition) is 0. The quantitative estimate of drug-likeness (QED) is 0.112. The van der Waals surface area contributed by atoms with Crippen LogP contribution >= 0.6 is 7.92 Å². The standard InChI is InChI=1S/C21H16P.C16H13.C14H14.Zr/c1-3-11-19(12-4-1)22(20-13-5-2-6-14-20)21-15-17-9-7-8-10-18(17)16-21;1-12-10-14-8-5-9-15(16(14)11-12)13-6-3-2-4-7-13;1-3-7-13(8-4-1)11-12-14-9-5-2-6-10-14;/h1-16H;2-11H,1H3;1-10H,11-12H2;/q2*-1;;+2. The van der Waals surface area contributed by atoms with Crippen molar-refractivity contribution in [2.75, 3.05) is 0 Å². The Labute approximate surface area is 335 Å². The van der Waals surface area contributed by atoms with Gasteiger partial charge < -0.3 is 0 Å². The van der Waals surface area contributed by atoms with Crippen LogP contribution in [-0.2, 0) is 39.0 Å². The SMILES string of the molecule is Cc1cc2c(-c3ccccc3)cccc2[cH-]1.[Zr+2].c1ccc(CCc2ccccc2)cc1.c1ccc(P(c2ccccc2)c2cc3ccccc3[cH-]2)cc1. The summed E-state index contributed by atoms with van der Waals surface area (Å²) < 4.78 is 0. The van der Waals surface area contributed by atoms with Crippen molar-refractivity contribution >= 4 is 45.4 Å². The number of fused-ring (bicyclic) bond motifs is 2. The Hall–Kier alpha value is -4.93. The van der Waals surface area contributed by atoms with Gasteiger partial charge in [-0.2, -0.15) is 12.1 Å². The molecule has 9 rings (SSSR count). The topological polar surface area (TPSA) is 0 Å². The van der Waals surface area contributed by atoms with Gasteiger partial charge in [0.2, 0.25) is 0 Å². The monoisotopic (exact) mass is 776 g/mol. The second-order valence-corrected chi connectivity index (χ2v) is 15.2. The van der Waals surface area contributed by atoms with Gasteiger partial charge in [0.1, 0.15) is 0 Å². The zero-order valence-corrected chi connectivity index (χ0v) is 33.5. The van der Waals surface area contributed by atoms with E-state index in [4.69, 9.17) is 0 Å². The number of aryl methyl sites for hydroxylation is 3. The molecule has 0 aliphatic heterocycles. The fraction of sp³-hybridized carbons (Fsp3) is 0.0588. The van der Waals surface area contributed by atoms with E-state index in [2.05, 4.69) is 225 Å². The largest absolute Gasteiger partial charge is 2.00 e. The average Bonchev–Trinajstić information content (AvgIpc) is 3.82. The van der Waals surface area contributed by atoms with E-state index in [-0.39, 0.29) is 26.2 Å². The molecule has 0 heterocycles. The Bertz CT molecular complexity index is 2280. The molecule has 0 N–H and O–H groups in total. The van der Waals surface area contributed by atoms with Crippen molar-refractivity contribution in [1.29, 1.82) is 0 Å². The molecule has 0 atom stereocenters. The molecule has 0 radical (unpaired) electrons. The van der Waals surface area contributed by atoms with Crippen molar-refractivity contribution in [1.82, 2.24) is 0 Å². The van der Waals surface area contributed by atoms with E-state index in [1.165, 1.54) is 65.3 Å². The summed E-state index contributed by atoms with van der Waals surface area (Å²) in [6.07, 6.45) is 2.26. The minimum absolute atomic E-state index is 0. The van der Waals surface area contributed by atoms with Crippen LogP contribution in [0.1, 0.15) is 16.7 Å². The molecule has 0 nitrogen and oxygen atoms in total. The van der Waals surface area contributed by atoms with Gasteiger partial charge in [0.15, 0.2) is 0 Å². The zero-order chi connectivity index (χ0) is 35.4. The number of hydrogen-bond donors (Lipinski definition) is 0. The van der Waals surface area contributed by atoms with E-state index in [0.29, 0.717) is 0 Å². The van der Waals surface area contributed by atoms with Crippen LogP contribution in [0, 0.1) is 6.92 Å². The van der Waals surface area contributed by atoms with Crippen LogP contribution in [0.2, 0.25) is 0 Å². The van der Waals surface area contributed by atoms with Crippen LogP contribution in [0.25, 0.3) is 32.7 Å². The van der Waals surface area contributed by atoms with Crippen molar-refractivity contribution in [3.63, 3.8) is 0 Å². The summed E-state index contributed by atoms with van der Waals surface area (Å²) in [6, 6.07) is 77.8. The first kappa shape index (κ1) is 37.8. The summed E-state index contributed by atoms with van der Waals surface area (Å²) in [6.45, 7) is 2.15. The van der Waals surface area contributed by atoms with Gasteiger partial charge in [0.25, 0.3) is 0 Å². The third-order valence-electron chi connectivity index (χ3n) is 9.26. The molecule has 53 heavy (non-hydrogen) atoms. The molecule has 256 valence electrons. The molecule has 9 aromatic rings. The first-order valence-electron chi connectivity index (χ1n) is 18.1. The third kappa shape index (κ3) is 10.1. The second-order valence-electron chi connectivity index (χ2n) is 13.0. The summed E-state index contributed by atoms with van der Waals surface area (Å²) in [5, 5.41) is 9.57. The van der Waals surface area contributed by atoms with Crippen LogP contribution in [-0.4, -0.2) is 0 Å². The fourth-order valence-corrected chi connectivity index (χ4v) is 9.07. The van der Waals surface area contributed by atoms with E-state index in [9.17, 15) is 0 Å². The predicted molar refractivity (Wildman–Crippen MR) is 228 cm³/mol. The van der Waals surface area contributed by atoms with E-state index in [0.717, 1.165) is 12.8 Å². The van der Waals surface area contributed by atoms with Crippen molar-refractivity contribution in [2.24, 2.45) is 0 Å². The normalized spacial score (nSPS) is 10.5. The molecule has 0 amide bonds. The van der Waals surface area contributed by atoms with Crippen molar-refractivity contribution in [3.05, 3.63) is 235 Å². The van der Waals surface area contributed by atoms with Crippen LogP contribution in [0.3, 0.4) is 0 Å². The molecule has 0 saturated heterocycles. The van der Waals surface area contributed by atoms with E-state index in [1.54, 1.807) is 0 Å². The minimum atomic E-state index is -0.493. The van der Waals surface area contributed by atoms with E-state index >= 15 is 0 Å². The molecule has 2 heteroatoms. The zero-order valence-electron chi connectivity index (χ0n) is 30.1. The first-order chi connectivity index (χ1) is 25.7. The van der Waals surface area contributed by atoms with Gasteiger partial charge in [-0.3, -0.25) is 0 Å². The Morgan fingerprint density at radius 3 is 1.45 bits per heavy atom. The van der Waals surface area contributed by atoms with Gasteiger partial charge in [0, 0.05) is 0 Å². The van der Waals surface area contributed by atoms with E-state index < -0.39 is 7.92 Å². The van der Waals surface area contributed by atoms with Gasteiger partial charge >= 0.3 is 26.2 Å². The average molecular weight is 778 g/mol. The third-order valence-corrected chi connectivity index (χ3v) is 11.7. The molecule has 0 saturated carbocycles. The van der Waals surface area contributed by atoms with Crippen LogP contribution in [0.15, 0.2) is 218 Å². The number of rotatable bonds is 7. The summed E-state index contributed by atoms with van der Waals surface area (Å²) >= 11 is 0. The van der Waals surface area contributed by atoms with Crippen LogP contribution < -0.4 is 15.9 Å². The van der Waals surface area contributed by atoms with Crippen molar-refractivity contribution < 1.29 is 26.2 Å². The molecule has 0 bridgehead atoms. The molecule has 0 unspecified atom stereocenters. The van der Waals surface area contributed by atoms with Crippen molar-refractivity contribution in [2.45, 2.75) is 19.8 Å². The fourth-order valence-electron chi connectivity index (χ4n) is 6.70. The van der Waals surface area contributed by atoms with Crippen LogP contribution in [0.4, 0.5) is 0 Å². The van der Waals surface area contributed by atoms with Gasteiger partial charge in [-0.1, -0.05) is 176 Å². The summed E-state index contributed by atoms with van der Waals surface area (Å²) in [4.78, 5) is 0. The molecular formula is C51H43PZr. The van der Waals surface area contributed by atoms with Gasteiger partial charge in [-0.15, -0.1) is 74.9 Å². The Balaban J connectivity index is 0.000000139. The van der Waals surface area contributed by atoms with E-state index in [1.807, 2.05) is 0 Å². The smallest absolute Gasteiger partial charge is 0.165 e. The number of benzene rings is 7. The second kappa shape index (κ2) is 19.2. The summed E-state index contributed by atoms with van der Waals surface area (Å²) in [5.74, 6) is 0. The van der Waals surface area contributed by atoms with Crippen LogP contribution in [0.5, 0.6) is 0 Å². The summed E-state index contributed by atoms with van der Waals surface area (Å²) in [5.41, 5.74) is 6.77. The molecular weight excluding hydrogens is 735 g/mol. The maximum Gasteiger partial charge on any atom is 2.00 e. The predicted octanol–water partition coefficient (Wildman–Crippen LogP) is 12.3. The Morgan fingerprint density at radius 1 is 0.434 bits per heavy atom.